The van der Waals surface area contributed by atoms with E-state index in [9.17, 15) is 52.7 Å². The lowest BCUT2D eigenvalue weighted by atomic mass is 9.12. The quantitative estimate of drug-likeness (QED) is 0.0405. The number of aryl methyl sites for hydroxylation is 4. The van der Waals surface area contributed by atoms with Crippen LogP contribution in [-0.2, 0) is 24.7 Å². The van der Waals surface area contributed by atoms with Gasteiger partial charge in [-0.1, -0.05) is 271 Å². The Kier molecular flexibility index (Phi) is 29.7. The Bertz CT molecular complexity index is 5230. The molecule has 0 saturated heterocycles. The minimum Gasteiger partial charge on any atom is -0.206 e. The monoisotopic (exact) mass is 1880 g/mol. The molecular weight excluding hydrogens is 1810 g/mol. The van der Waals surface area contributed by atoms with E-state index in [2.05, 4.69) is 174 Å². The summed E-state index contributed by atoms with van der Waals surface area (Å²) in [5, 5.41) is 0. The Morgan fingerprint density at radius 1 is 0.217 bits per heavy atom. The fraction of sp³-hybridized carbons (Fsp3) is 0.0833. The van der Waals surface area contributed by atoms with E-state index in [0.717, 1.165) is 97.1 Å². The Morgan fingerprint density at radius 2 is 0.375 bits per heavy atom. The normalized spacial score (nSPS) is 11.7. The number of alkyl halides is 12. The Balaban J connectivity index is 0.000000212. The molecule has 616 valence electrons. The predicted octanol–water partition coefficient (Wildman–Crippen LogP) is 17.3. The number of benzene rings is 12. The summed E-state index contributed by atoms with van der Waals surface area (Å²) in [6.45, 7) is 32.7. The predicted molar refractivity (Wildman–Crippen MR) is 440 cm³/mol. The highest BCUT2D eigenvalue weighted by Gasteiger charge is 2.46. The number of hydrogen-bond acceptors (Lipinski definition) is 0. The highest BCUT2D eigenvalue weighted by Crippen LogP contribution is 2.42. The van der Waals surface area contributed by atoms with Crippen LogP contribution in [0.4, 0.5) is 87.8 Å². The van der Waals surface area contributed by atoms with Gasteiger partial charge in [-0.2, -0.15) is 96.4 Å². The molecule has 0 atom stereocenters. The molecule has 12 rings (SSSR count). The average Bonchev–Trinajstić information content (AvgIpc) is 1.63. The molecule has 0 unspecified atom stereocenters. The molecule has 120 heavy (non-hydrogen) atoms. The van der Waals surface area contributed by atoms with Crippen LogP contribution >= 0.6 is 0 Å². The number of halogens is 22. The van der Waals surface area contributed by atoms with Crippen molar-refractivity contribution in [3.05, 3.63) is 421 Å². The van der Waals surface area contributed by atoms with Gasteiger partial charge >= 0.3 is 67.1 Å². The zero-order chi connectivity index (χ0) is 88.3. The van der Waals surface area contributed by atoms with Crippen molar-refractivity contribution in [1.82, 2.24) is 0 Å². The van der Waals surface area contributed by atoms with Crippen LogP contribution in [-0.4, -0.2) is 12.3 Å². The molecule has 0 saturated carbocycles. The van der Waals surface area contributed by atoms with Gasteiger partial charge in [0.2, 0.25) is 0 Å². The van der Waals surface area contributed by atoms with Gasteiger partial charge in [0.05, 0.1) is 22.3 Å². The summed E-state index contributed by atoms with van der Waals surface area (Å²) in [5.41, 5.74) is -13.8. The van der Waals surface area contributed by atoms with Gasteiger partial charge in [0.1, 0.15) is 58.8 Å². The van der Waals surface area contributed by atoms with Crippen LogP contribution in [0.25, 0.3) is 48.6 Å². The molecule has 12 aromatic rings. The fourth-order valence-corrected chi connectivity index (χ4v) is 19.6. The first-order valence-corrected chi connectivity index (χ1v) is 40.6. The fourth-order valence-electron chi connectivity index (χ4n) is 15.0. The first-order valence-electron chi connectivity index (χ1n) is 36.3. The molecule has 0 aliphatic carbocycles. The highest BCUT2D eigenvalue weighted by atomic mass is 127. The zero-order valence-corrected chi connectivity index (χ0v) is 68.8. The standard InChI is InChI=1S/C40H32BF12.C32H20BF8.2C12H10I/c1-9-29-21(5)13-25(14-22(29)6)41(26-15-23(7)30(10-2)33(17-26)37(42,43)44,27-16-24(8)31(11-3)34(18-27)38(45,46)47)28-19-35(39(48,49)50)32(12-4)36(20-28)40(51,52)53;1-5-21-25(34)9-17(10-26(21)35)33(18-11-27(36)22(6-2)28(37)12-18,19-13-29(38)23(7-3)30(39)14-19)20-15-31(40)24(8-4)32(41)16-20;2*1-3-7-11(8-4-1)13-12-9-5-2-6-10-12/h9-20H,1-4H2,5-8H3;5-16H,1-4H2;2*1-10H/q2*-1;2*+1. The number of rotatable bonds is 20. The SMILES string of the molecule is C=Cc1c(C)cc([B-](c2cc(C)c(C=C)c(C(F)(F)F)c2)(c2cc(C)c(C=C)c(C(F)(F)F)c2)c2cc(C(F)(F)F)c(C=C)c(C(F)(F)F)c2)cc1C.C=Cc1c(F)cc([B-](c2cc(F)c(C=C)c(F)c2)(c2cc(F)c(C=C)c(F)c2)c2cc(F)c(C=C)c(F)c2)cc1F.c1ccc([I+]c2ccccc2)cc1.c1ccc([I+]c2ccccc2)cc1. The molecule has 0 spiro atoms. The summed E-state index contributed by atoms with van der Waals surface area (Å²) in [5.74, 6) is -9.58. The van der Waals surface area contributed by atoms with E-state index in [1.54, 1.807) is 0 Å². The van der Waals surface area contributed by atoms with E-state index >= 15 is 35.1 Å². The van der Waals surface area contributed by atoms with Crippen molar-refractivity contribution in [1.29, 1.82) is 0 Å². The maximum Gasteiger partial charge on any atom is 0.416 e. The van der Waals surface area contributed by atoms with Crippen LogP contribution in [0.2, 0.25) is 0 Å². The van der Waals surface area contributed by atoms with Gasteiger partial charge in [-0.05, 0) is 121 Å². The van der Waals surface area contributed by atoms with Gasteiger partial charge in [0, 0.05) is 22.3 Å². The van der Waals surface area contributed by atoms with Crippen molar-refractivity contribution in [2.24, 2.45) is 0 Å². The van der Waals surface area contributed by atoms with Crippen LogP contribution in [0.5, 0.6) is 0 Å². The summed E-state index contributed by atoms with van der Waals surface area (Å²) in [7, 11) is 0. The second-order valence-corrected chi connectivity index (χ2v) is 33.6. The van der Waals surface area contributed by atoms with E-state index in [-0.39, 0.29) is 59.0 Å². The Labute approximate surface area is 703 Å². The Morgan fingerprint density at radius 3 is 0.558 bits per heavy atom. The minimum absolute atomic E-state index is 0.0287. The van der Waals surface area contributed by atoms with Gasteiger partial charge < -0.3 is 0 Å². The Hall–Kier alpha value is -11.3. The molecule has 0 heterocycles. The molecule has 24 heteroatoms. The van der Waals surface area contributed by atoms with Crippen molar-refractivity contribution < 1.29 is 130 Å². The van der Waals surface area contributed by atoms with Crippen LogP contribution in [0.3, 0.4) is 0 Å². The van der Waals surface area contributed by atoms with E-state index < -0.39 is 183 Å². The van der Waals surface area contributed by atoms with Crippen molar-refractivity contribution in [3.8, 4) is 0 Å². The van der Waals surface area contributed by atoms with E-state index in [4.69, 9.17) is 0 Å². The summed E-state index contributed by atoms with van der Waals surface area (Å²) < 4.78 is 306. The van der Waals surface area contributed by atoms with Crippen molar-refractivity contribution in [2.45, 2.75) is 52.4 Å². The molecule has 0 bridgehead atoms. The van der Waals surface area contributed by atoms with Gasteiger partial charge in [0.25, 0.3) is 0 Å². The van der Waals surface area contributed by atoms with Gasteiger partial charge in [0.15, 0.2) is 14.3 Å². The van der Waals surface area contributed by atoms with Crippen LogP contribution in [0.1, 0.15) is 89.0 Å². The molecule has 0 N–H and O–H groups in total. The van der Waals surface area contributed by atoms with E-state index in [1.807, 2.05) is 0 Å². The van der Waals surface area contributed by atoms with Gasteiger partial charge in [-0.25, -0.2) is 35.1 Å². The molecule has 0 aromatic heterocycles. The van der Waals surface area contributed by atoms with E-state index in [1.165, 1.54) is 60.2 Å². The third-order valence-corrected chi connectivity index (χ3v) is 25.6. The smallest absolute Gasteiger partial charge is 0.206 e. The maximum atomic E-state index is 15.2. The highest BCUT2D eigenvalue weighted by molar-refractivity contribution is 7.20. The summed E-state index contributed by atoms with van der Waals surface area (Å²) in [6, 6.07) is 55.6. The van der Waals surface area contributed by atoms with Gasteiger partial charge in [-0.15, -0.1) is 0 Å². The largest absolute Gasteiger partial charge is 0.416 e. The molecule has 0 amide bonds. The zero-order valence-electron chi connectivity index (χ0n) is 64.5. The van der Waals surface area contributed by atoms with Gasteiger partial charge in [-0.3, -0.25) is 0 Å². The van der Waals surface area contributed by atoms with Crippen LogP contribution in [0.15, 0.2) is 271 Å². The summed E-state index contributed by atoms with van der Waals surface area (Å²) in [4.78, 5) is 0. The molecule has 0 radical (unpaired) electrons. The lowest BCUT2D eigenvalue weighted by Gasteiger charge is -2.46. The molecule has 12 aromatic carbocycles. The topological polar surface area (TPSA) is 0 Å². The third-order valence-electron chi connectivity index (χ3n) is 20.3. The molecule has 0 aliphatic heterocycles. The first kappa shape index (κ1) is 92.6. The van der Waals surface area contributed by atoms with Crippen LogP contribution in [0, 0.1) is 88.5 Å². The van der Waals surface area contributed by atoms with Crippen molar-refractivity contribution >= 4 is 105 Å². The average molecular weight is 1880 g/mol. The second-order valence-electron chi connectivity index (χ2n) is 27.5. The minimum atomic E-state index is -5.49. The van der Waals surface area contributed by atoms with Crippen LogP contribution < -0.4 is 86.1 Å². The van der Waals surface area contributed by atoms with Crippen molar-refractivity contribution in [3.63, 3.8) is 0 Å². The lowest BCUT2D eigenvalue weighted by Crippen LogP contribution is -3.61. The summed E-state index contributed by atoms with van der Waals surface area (Å²) in [6.07, 6.45) is -21.5. The second kappa shape index (κ2) is 38.4. The lowest BCUT2D eigenvalue weighted by molar-refractivity contribution is -0.597. The maximum absolute atomic E-state index is 15.2. The molecule has 0 nitrogen and oxygen atoms in total. The molecule has 0 aliphatic rings. The molecular formula is C96H72B2F20I2. The van der Waals surface area contributed by atoms with E-state index in [0.29, 0.717) is 47.0 Å². The number of hydrogen-bond donors (Lipinski definition) is 0. The van der Waals surface area contributed by atoms with Crippen molar-refractivity contribution in [2.75, 3.05) is 0 Å². The third kappa shape index (κ3) is 19.9. The molecule has 0 fully saturated rings. The first-order chi connectivity index (χ1) is 56.6. The summed E-state index contributed by atoms with van der Waals surface area (Å²) >= 11 is 0.0574.